The molecule has 2 aromatic carbocycles. The normalized spacial score (nSPS) is 16.9. The fourth-order valence-electron chi connectivity index (χ4n) is 4.02. The molecule has 1 aliphatic rings. The second-order valence-electron chi connectivity index (χ2n) is 7.70. The molecular formula is C23H23N5O2. The van der Waals surface area contributed by atoms with Crippen molar-refractivity contribution in [3.8, 4) is 11.5 Å². The number of benzene rings is 2. The quantitative estimate of drug-likeness (QED) is 0.550. The lowest BCUT2D eigenvalue weighted by Crippen LogP contribution is -2.39. The number of nitrogens with zero attached hydrogens (tertiary/aromatic N) is 4. The zero-order valence-corrected chi connectivity index (χ0v) is 16.8. The number of hydrogen-bond donors (Lipinski definition) is 1. The zero-order chi connectivity index (χ0) is 20.5. The predicted molar refractivity (Wildman–Crippen MR) is 115 cm³/mol. The number of aryl methyl sites for hydroxylation is 1. The lowest BCUT2D eigenvalue weighted by molar-refractivity contribution is -0.120. The van der Waals surface area contributed by atoms with E-state index in [1.807, 2.05) is 68.0 Å². The summed E-state index contributed by atoms with van der Waals surface area (Å²) < 4.78 is 7.61. The minimum absolute atomic E-state index is 0.0333. The van der Waals surface area contributed by atoms with Gasteiger partial charge in [0.1, 0.15) is 5.52 Å². The Morgan fingerprint density at radius 1 is 1.20 bits per heavy atom. The number of carbonyl (C=O) groups is 1. The molecule has 5 rings (SSSR count). The summed E-state index contributed by atoms with van der Waals surface area (Å²) in [6.45, 7) is 1.66. The number of para-hydroxylation sites is 2. The number of rotatable bonds is 5. The number of nitrogens with one attached hydrogen (secondary N) is 1. The Balaban J connectivity index is 1.26. The molecule has 1 N–H and O–H groups in total. The van der Waals surface area contributed by atoms with Gasteiger partial charge in [0.05, 0.1) is 12.2 Å². The first-order chi connectivity index (χ1) is 14.7. The monoisotopic (exact) mass is 401 g/mol. The van der Waals surface area contributed by atoms with Crippen LogP contribution in [0.1, 0.15) is 18.4 Å². The second kappa shape index (κ2) is 7.76. The predicted octanol–water partition coefficient (Wildman–Crippen LogP) is 3.83. The fraction of sp³-hybridized carbons (Fsp3) is 0.261. The maximum absolute atomic E-state index is 12.9. The van der Waals surface area contributed by atoms with Gasteiger partial charge in [0, 0.05) is 36.6 Å². The number of anilines is 1. The SMILES string of the molecule is Cn1cc(CN2CCCC2C(=O)Nc2ccc(-c3nc4ccccc4o3)cc2)cn1. The van der Waals surface area contributed by atoms with Crippen LogP contribution in [0.3, 0.4) is 0 Å². The van der Waals surface area contributed by atoms with Crippen molar-refractivity contribution in [3.63, 3.8) is 0 Å². The molecule has 0 radical (unpaired) electrons. The number of amides is 1. The van der Waals surface area contributed by atoms with E-state index < -0.39 is 0 Å². The summed E-state index contributed by atoms with van der Waals surface area (Å²) in [5.74, 6) is 0.610. The average molecular weight is 401 g/mol. The van der Waals surface area contributed by atoms with Crippen molar-refractivity contribution < 1.29 is 9.21 Å². The van der Waals surface area contributed by atoms with Crippen LogP contribution in [-0.2, 0) is 18.4 Å². The first-order valence-electron chi connectivity index (χ1n) is 10.1. The van der Waals surface area contributed by atoms with E-state index in [1.54, 1.807) is 4.68 Å². The van der Waals surface area contributed by atoms with Gasteiger partial charge in [0.2, 0.25) is 11.8 Å². The highest BCUT2D eigenvalue weighted by molar-refractivity contribution is 5.95. The highest BCUT2D eigenvalue weighted by Crippen LogP contribution is 2.26. The molecule has 3 heterocycles. The molecule has 1 unspecified atom stereocenters. The molecule has 4 aromatic rings. The van der Waals surface area contributed by atoms with E-state index in [9.17, 15) is 4.79 Å². The maximum Gasteiger partial charge on any atom is 0.241 e. The van der Waals surface area contributed by atoms with Gasteiger partial charge in [0.15, 0.2) is 5.58 Å². The van der Waals surface area contributed by atoms with E-state index in [4.69, 9.17) is 4.42 Å². The van der Waals surface area contributed by atoms with Gasteiger partial charge in [-0.3, -0.25) is 14.4 Å². The largest absolute Gasteiger partial charge is 0.436 e. The molecule has 30 heavy (non-hydrogen) atoms. The van der Waals surface area contributed by atoms with Crippen LogP contribution in [0.15, 0.2) is 65.3 Å². The van der Waals surface area contributed by atoms with Gasteiger partial charge in [-0.1, -0.05) is 12.1 Å². The highest BCUT2D eigenvalue weighted by atomic mass is 16.3. The van der Waals surface area contributed by atoms with Gasteiger partial charge in [0.25, 0.3) is 0 Å². The summed E-state index contributed by atoms with van der Waals surface area (Å²) in [7, 11) is 1.90. The molecule has 0 bridgehead atoms. The van der Waals surface area contributed by atoms with Crippen LogP contribution in [0.2, 0.25) is 0 Å². The summed E-state index contributed by atoms with van der Waals surface area (Å²) in [5, 5.41) is 7.28. The van der Waals surface area contributed by atoms with Gasteiger partial charge < -0.3 is 9.73 Å². The Bertz CT molecular complexity index is 1140. The third-order valence-electron chi connectivity index (χ3n) is 5.50. The number of carbonyl (C=O) groups excluding carboxylic acids is 1. The van der Waals surface area contributed by atoms with Crippen LogP contribution in [0.5, 0.6) is 0 Å². The van der Waals surface area contributed by atoms with E-state index in [-0.39, 0.29) is 11.9 Å². The summed E-state index contributed by atoms with van der Waals surface area (Å²) in [6, 6.07) is 15.2. The second-order valence-corrected chi connectivity index (χ2v) is 7.70. The number of aromatic nitrogens is 3. The van der Waals surface area contributed by atoms with Gasteiger partial charge in [-0.25, -0.2) is 4.98 Å². The summed E-state index contributed by atoms with van der Waals surface area (Å²) in [6.07, 6.45) is 5.75. The molecule has 7 nitrogen and oxygen atoms in total. The molecule has 152 valence electrons. The highest BCUT2D eigenvalue weighted by Gasteiger charge is 2.30. The maximum atomic E-state index is 12.9. The zero-order valence-electron chi connectivity index (χ0n) is 16.8. The number of likely N-dealkylation sites (tertiary alicyclic amines) is 1. The van der Waals surface area contributed by atoms with Crippen molar-refractivity contribution in [2.75, 3.05) is 11.9 Å². The minimum atomic E-state index is -0.123. The van der Waals surface area contributed by atoms with Crippen molar-refractivity contribution in [2.45, 2.75) is 25.4 Å². The lowest BCUT2D eigenvalue weighted by atomic mass is 10.1. The van der Waals surface area contributed by atoms with E-state index in [2.05, 4.69) is 20.3 Å². The Hall–Kier alpha value is -3.45. The molecule has 0 saturated carbocycles. The topological polar surface area (TPSA) is 76.2 Å². The first kappa shape index (κ1) is 18.6. The minimum Gasteiger partial charge on any atom is -0.436 e. The average Bonchev–Trinajstić information content (AvgIpc) is 3.48. The molecule has 7 heteroatoms. The van der Waals surface area contributed by atoms with E-state index in [1.165, 1.54) is 0 Å². The van der Waals surface area contributed by atoms with Crippen LogP contribution in [0.4, 0.5) is 5.69 Å². The molecule has 0 spiro atoms. The van der Waals surface area contributed by atoms with E-state index >= 15 is 0 Å². The van der Waals surface area contributed by atoms with Crippen molar-refractivity contribution >= 4 is 22.7 Å². The molecule has 1 fully saturated rings. The summed E-state index contributed by atoms with van der Waals surface area (Å²) in [5.41, 5.74) is 4.37. The Morgan fingerprint density at radius 3 is 2.80 bits per heavy atom. The third kappa shape index (κ3) is 3.71. The van der Waals surface area contributed by atoms with Crippen molar-refractivity contribution in [1.29, 1.82) is 0 Å². The van der Waals surface area contributed by atoms with Gasteiger partial charge >= 0.3 is 0 Å². The standard InChI is InChI=1S/C23H23N5O2/c1-27-14-16(13-24-27)15-28-12-4-6-20(28)22(29)25-18-10-8-17(9-11-18)23-26-19-5-2-3-7-21(19)30-23/h2-3,5,7-11,13-14,20H,4,6,12,15H2,1H3,(H,25,29). The van der Waals surface area contributed by atoms with Gasteiger partial charge in [-0.05, 0) is 55.8 Å². The van der Waals surface area contributed by atoms with Crippen LogP contribution in [-0.4, -0.2) is 38.2 Å². The van der Waals surface area contributed by atoms with Crippen LogP contribution < -0.4 is 5.32 Å². The third-order valence-corrected chi connectivity index (χ3v) is 5.50. The molecular weight excluding hydrogens is 378 g/mol. The molecule has 0 aliphatic carbocycles. The van der Waals surface area contributed by atoms with Crippen molar-refractivity contribution in [2.24, 2.45) is 7.05 Å². The van der Waals surface area contributed by atoms with E-state index in [0.717, 1.165) is 53.8 Å². The Morgan fingerprint density at radius 2 is 2.03 bits per heavy atom. The lowest BCUT2D eigenvalue weighted by Gasteiger charge is -2.23. The van der Waals surface area contributed by atoms with Crippen molar-refractivity contribution in [3.05, 3.63) is 66.5 Å². The Kier molecular flexibility index (Phi) is 4.80. The van der Waals surface area contributed by atoms with Crippen LogP contribution >= 0.6 is 0 Å². The van der Waals surface area contributed by atoms with Gasteiger partial charge in [-0.15, -0.1) is 0 Å². The molecule has 1 amide bonds. The smallest absolute Gasteiger partial charge is 0.241 e. The molecule has 1 saturated heterocycles. The van der Waals surface area contributed by atoms with Crippen LogP contribution in [0.25, 0.3) is 22.6 Å². The molecule has 1 atom stereocenters. The fourth-order valence-corrected chi connectivity index (χ4v) is 4.02. The Labute approximate surface area is 174 Å². The molecule has 1 aliphatic heterocycles. The van der Waals surface area contributed by atoms with Crippen molar-refractivity contribution in [1.82, 2.24) is 19.7 Å². The first-order valence-corrected chi connectivity index (χ1v) is 10.1. The molecule has 2 aromatic heterocycles. The number of oxazole rings is 1. The van der Waals surface area contributed by atoms with E-state index in [0.29, 0.717) is 5.89 Å². The number of hydrogen-bond acceptors (Lipinski definition) is 5. The summed E-state index contributed by atoms with van der Waals surface area (Å²) >= 11 is 0. The van der Waals surface area contributed by atoms with Crippen LogP contribution in [0, 0.1) is 0 Å². The number of fused-ring (bicyclic) bond motifs is 1. The van der Waals surface area contributed by atoms with Gasteiger partial charge in [-0.2, -0.15) is 5.10 Å². The summed E-state index contributed by atoms with van der Waals surface area (Å²) in [4.78, 5) is 19.6.